The molecule has 0 saturated heterocycles. The zero-order valence-electron chi connectivity index (χ0n) is 47.8. The number of rotatable bonds is 21. The van der Waals surface area contributed by atoms with Crippen LogP contribution in [0.5, 0.6) is 0 Å². The van der Waals surface area contributed by atoms with Crippen molar-refractivity contribution in [3.63, 3.8) is 0 Å². The number of Topliss-reactive ketones (excluding diaryl/α,β-unsaturated/α-hetero) is 2. The lowest BCUT2D eigenvalue weighted by Gasteiger charge is -2.21. The molecule has 0 spiro atoms. The Kier molecular flexibility index (Phi) is 20.2. The number of ether oxygens (including phenoxy) is 1. The topological polar surface area (TPSA) is 206 Å². The van der Waals surface area contributed by atoms with Gasteiger partial charge in [0.15, 0.2) is 11.6 Å². The molecule has 17 heteroatoms. The molecule has 8 aromatic rings. The summed E-state index contributed by atoms with van der Waals surface area (Å²) < 4.78 is 38.7. The van der Waals surface area contributed by atoms with Crippen LogP contribution in [-0.4, -0.2) is 55.9 Å². The fourth-order valence-corrected chi connectivity index (χ4v) is 9.88. The van der Waals surface area contributed by atoms with Crippen LogP contribution in [0.2, 0.25) is 0 Å². The highest BCUT2D eigenvalue weighted by molar-refractivity contribution is 5.97. The summed E-state index contributed by atoms with van der Waals surface area (Å²) in [5, 5.41) is 37.9. The van der Waals surface area contributed by atoms with Gasteiger partial charge < -0.3 is 26.4 Å². The number of nitrogens with zero attached hydrogens (tertiary/aromatic N) is 6. The molecule has 2 aliphatic rings. The van der Waals surface area contributed by atoms with Gasteiger partial charge in [-0.1, -0.05) is 72.8 Å². The van der Waals surface area contributed by atoms with Crippen molar-refractivity contribution in [3.8, 4) is 23.5 Å². The van der Waals surface area contributed by atoms with Crippen LogP contribution in [-0.2, 0) is 30.7 Å². The number of aromatic nitrogens is 4. The number of nitriles is 2. The van der Waals surface area contributed by atoms with Crippen LogP contribution < -0.4 is 21.7 Å². The normalized spacial score (nSPS) is 13.5. The lowest BCUT2D eigenvalue weighted by Crippen LogP contribution is -2.32. The number of benzene rings is 6. The first-order valence-electron chi connectivity index (χ1n) is 28.0. The number of alkyl carbamates (subject to hydrolysis) is 1. The monoisotopic (exact) mass is 1150 g/mol. The van der Waals surface area contributed by atoms with E-state index in [-0.39, 0.29) is 61.0 Å². The minimum atomic E-state index is -0.608. The van der Waals surface area contributed by atoms with E-state index in [4.69, 9.17) is 10.5 Å². The molecule has 2 unspecified atom stereocenters. The lowest BCUT2D eigenvalue weighted by atomic mass is 9.94. The number of hydrogen-bond acceptors (Lipinski definition) is 11. The smallest absolute Gasteiger partial charge is 0.407 e. The second-order valence-corrected chi connectivity index (χ2v) is 22.5. The highest BCUT2D eigenvalue weighted by Gasteiger charge is 2.27. The Morgan fingerprint density at radius 2 is 1.05 bits per heavy atom. The van der Waals surface area contributed by atoms with E-state index in [0.717, 1.165) is 52.2 Å². The molecule has 2 aliphatic carbocycles. The Bertz CT molecular complexity index is 3750. The molecule has 0 radical (unpaired) electrons. The van der Waals surface area contributed by atoms with Crippen molar-refractivity contribution in [2.24, 2.45) is 17.6 Å². The molecular formula is C67H69ClF2N10O4. The van der Waals surface area contributed by atoms with E-state index >= 15 is 8.78 Å². The van der Waals surface area contributed by atoms with Gasteiger partial charge >= 0.3 is 6.09 Å². The van der Waals surface area contributed by atoms with Gasteiger partial charge in [0.25, 0.3) is 0 Å². The zero-order chi connectivity index (χ0) is 58.8. The van der Waals surface area contributed by atoms with Crippen molar-refractivity contribution < 1.29 is 27.9 Å². The van der Waals surface area contributed by atoms with Crippen molar-refractivity contribution in [1.82, 2.24) is 35.5 Å². The predicted molar refractivity (Wildman–Crippen MR) is 321 cm³/mol. The summed E-state index contributed by atoms with van der Waals surface area (Å²) >= 11 is 0. The van der Waals surface area contributed by atoms with Crippen molar-refractivity contribution in [3.05, 3.63) is 236 Å². The van der Waals surface area contributed by atoms with Crippen molar-refractivity contribution in [1.29, 1.82) is 10.5 Å². The number of hydrogen-bond donors (Lipinski definition) is 4. The van der Waals surface area contributed by atoms with Crippen LogP contribution in [0.1, 0.15) is 147 Å². The summed E-state index contributed by atoms with van der Waals surface area (Å²) in [6, 6.07) is 46.9. The third kappa shape index (κ3) is 16.3. The number of nitrogens with two attached hydrogens (primary N) is 1. The average Bonchev–Trinajstić information content (AvgIpc) is 4.56. The van der Waals surface area contributed by atoms with Crippen LogP contribution in [0.15, 0.2) is 146 Å². The maximum absolute atomic E-state index is 15.2. The summed E-state index contributed by atoms with van der Waals surface area (Å²) in [6.07, 6.45) is 3.97. The fourth-order valence-electron chi connectivity index (χ4n) is 9.88. The second kappa shape index (κ2) is 27.6. The van der Waals surface area contributed by atoms with Gasteiger partial charge in [-0.05, 0) is 203 Å². The molecule has 2 aromatic heterocycles. The molecule has 0 bridgehead atoms. The van der Waals surface area contributed by atoms with Crippen LogP contribution in [0.4, 0.5) is 13.6 Å². The van der Waals surface area contributed by atoms with Crippen LogP contribution in [0, 0.1) is 60.0 Å². The first-order chi connectivity index (χ1) is 39.9. The second-order valence-electron chi connectivity index (χ2n) is 22.5. The number of halogens is 3. The Hall–Kier alpha value is -8.64. The maximum atomic E-state index is 15.2. The highest BCUT2D eigenvalue weighted by Crippen LogP contribution is 2.33. The molecular weight excluding hydrogens is 1080 g/mol. The number of aryl methyl sites for hydroxylation is 2. The first kappa shape index (κ1) is 61.4. The molecule has 2 saturated carbocycles. The zero-order valence-corrected chi connectivity index (χ0v) is 48.6. The predicted octanol–water partition coefficient (Wildman–Crippen LogP) is 12.3. The molecule has 6 aromatic carbocycles. The van der Waals surface area contributed by atoms with Gasteiger partial charge in [-0.3, -0.25) is 9.59 Å². The number of amides is 1. The molecule has 10 rings (SSSR count). The van der Waals surface area contributed by atoms with Gasteiger partial charge in [0.1, 0.15) is 28.6 Å². The minimum absolute atomic E-state index is 0. The Labute approximate surface area is 495 Å². The summed E-state index contributed by atoms with van der Waals surface area (Å²) in [4.78, 5) is 39.3. The molecule has 2 heterocycles. The van der Waals surface area contributed by atoms with E-state index in [1.807, 2.05) is 91.9 Å². The van der Waals surface area contributed by atoms with E-state index in [1.165, 1.54) is 37.8 Å². The molecule has 14 nitrogen and oxygen atoms in total. The Morgan fingerprint density at radius 1 is 0.619 bits per heavy atom. The van der Waals surface area contributed by atoms with Crippen molar-refractivity contribution >= 4 is 30.1 Å². The third-order valence-electron chi connectivity index (χ3n) is 14.4. The highest BCUT2D eigenvalue weighted by atomic mass is 35.5. The Morgan fingerprint density at radius 3 is 1.48 bits per heavy atom. The molecule has 2 fully saturated rings. The molecule has 1 amide bonds. The standard InChI is InChI=1S/C36H38FN5O3.C31H30FN5O.ClH/c1-23-15-32(42(41-23)30-10-6-8-26(17-30)22-40-35(44)45-36(2,3)4)33(43)19-29-18-28(13-14-31(29)37)34(39-21-24-11-12-24)27-9-5-7-25(16-27)20-38;1-20-12-29(37(36-20)27-7-3-5-23(14-27)18-34)30(38)16-26-15-25(10-11-28(26)32)31(35-19-21-8-9-21)24-6-2-4-22(13-24)17-33;/h5-10,13-18,24,34,39H,11-12,19,21-22H2,1-4H3,(H,40,44);2-7,10-15,21,31,35H,8-9,16,18-19,34H2,1H3;1H. The van der Waals surface area contributed by atoms with Gasteiger partial charge in [0.05, 0.1) is 58.1 Å². The molecule has 0 aliphatic heterocycles. The lowest BCUT2D eigenvalue weighted by molar-refractivity contribution is 0.0523. The van der Waals surface area contributed by atoms with Gasteiger partial charge in [-0.2, -0.15) is 20.7 Å². The third-order valence-corrected chi connectivity index (χ3v) is 14.4. The largest absolute Gasteiger partial charge is 0.444 e. The van der Waals surface area contributed by atoms with Gasteiger partial charge in [0.2, 0.25) is 0 Å². The number of nitrogens with one attached hydrogen (secondary N) is 3. The molecule has 2 atom stereocenters. The molecule has 5 N–H and O–H groups in total. The van der Waals surface area contributed by atoms with Gasteiger partial charge in [-0.25, -0.2) is 22.9 Å². The summed E-state index contributed by atoms with van der Waals surface area (Å²) in [5.74, 6) is -0.145. The summed E-state index contributed by atoms with van der Waals surface area (Å²) in [6.45, 7) is 11.3. The number of carbonyl (C=O) groups excluding carboxylic acids is 3. The minimum Gasteiger partial charge on any atom is -0.444 e. The van der Waals surface area contributed by atoms with Crippen molar-refractivity contribution in [2.45, 2.75) is 104 Å². The van der Waals surface area contributed by atoms with Crippen LogP contribution in [0.3, 0.4) is 0 Å². The average molecular weight is 1150 g/mol. The SMILES string of the molecule is Cc1cc(C(=O)Cc2cc(C(NCC3CC3)c3cccc(C#N)c3)ccc2F)n(-c2cccc(CN)c2)n1.Cc1cc(C(=O)Cc2cc(C(NCC3CC3)c3cccc(C#N)c3)ccc2F)n(-c2cccc(CNC(=O)OC(C)(C)C)c2)n1.Cl. The van der Waals surface area contributed by atoms with Crippen molar-refractivity contribution in [2.75, 3.05) is 13.1 Å². The van der Waals surface area contributed by atoms with E-state index in [0.29, 0.717) is 63.5 Å². The quantitative estimate of drug-likeness (QED) is 0.0498. The number of carbonyl (C=O) groups is 3. The van der Waals surface area contributed by atoms with E-state index < -0.39 is 23.3 Å². The summed E-state index contributed by atoms with van der Waals surface area (Å²) in [7, 11) is 0. The first-order valence-corrected chi connectivity index (χ1v) is 28.0. The molecule has 432 valence electrons. The fraction of sp³-hybridized carbons (Fsp3) is 0.299. The number of ketones is 2. The van der Waals surface area contributed by atoms with E-state index in [1.54, 1.807) is 85.6 Å². The van der Waals surface area contributed by atoms with Gasteiger partial charge in [-0.15, -0.1) is 12.4 Å². The van der Waals surface area contributed by atoms with Gasteiger partial charge in [0, 0.05) is 25.9 Å². The summed E-state index contributed by atoms with van der Waals surface area (Å²) in [5.41, 5.74) is 15.6. The van der Waals surface area contributed by atoms with E-state index in [2.05, 4.69) is 38.3 Å². The van der Waals surface area contributed by atoms with E-state index in [9.17, 15) is 24.9 Å². The Balaban J connectivity index is 0.000000219. The molecule has 84 heavy (non-hydrogen) atoms. The van der Waals surface area contributed by atoms with Crippen LogP contribution in [0.25, 0.3) is 11.4 Å². The maximum Gasteiger partial charge on any atom is 0.407 e. The van der Waals surface area contributed by atoms with Crippen LogP contribution >= 0.6 is 12.4 Å².